The Bertz CT molecular complexity index is 363. The highest BCUT2D eigenvalue weighted by atomic mass is 32.2. The average molecular weight is 223 g/mol. The summed E-state index contributed by atoms with van der Waals surface area (Å²) in [6, 6.07) is 8.14. The number of hydrogen-bond donors (Lipinski definition) is 1. The van der Waals surface area contributed by atoms with Crippen LogP contribution in [0.1, 0.15) is 18.6 Å². The van der Waals surface area contributed by atoms with E-state index < -0.39 is 0 Å². The molecule has 1 N–H and O–H groups in total. The molecule has 1 amide bonds. The van der Waals surface area contributed by atoms with E-state index in [0.717, 1.165) is 5.56 Å². The van der Waals surface area contributed by atoms with E-state index in [9.17, 15) is 4.79 Å². The molecule has 1 aliphatic heterocycles. The lowest BCUT2D eigenvalue weighted by Gasteiger charge is -2.13. The summed E-state index contributed by atoms with van der Waals surface area (Å²) in [5, 5.41) is 2.73. The minimum atomic E-state index is -0.332. The fraction of sp³-hybridized carbons (Fsp3) is 0.364. The van der Waals surface area contributed by atoms with E-state index in [2.05, 4.69) is 5.32 Å². The quantitative estimate of drug-likeness (QED) is 0.783. The van der Waals surface area contributed by atoms with E-state index in [1.807, 2.05) is 37.4 Å². The standard InChI is InChI=1S/C11H13NO2S/c1-7-10(14-11(13)12-7)8-3-5-9(15-2)6-4-8/h3-7,10H,1-2H3,(H,12,13). The molecule has 1 aromatic carbocycles. The summed E-state index contributed by atoms with van der Waals surface area (Å²) in [5.41, 5.74) is 1.04. The molecular weight excluding hydrogens is 210 g/mol. The van der Waals surface area contributed by atoms with Crippen molar-refractivity contribution >= 4 is 17.9 Å². The van der Waals surface area contributed by atoms with Gasteiger partial charge in [0.15, 0.2) is 0 Å². The van der Waals surface area contributed by atoms with Crippen LogP contribution in [-0.4, -0.2) is 18.4 Å². The lowest BCUT2D eigenvalue weighted by atomic mass is 10.0. The number of carbonyl (C=O) groups is 1. The van der Waals surface area contributed by atoms with Crippen LogP contribution in [0.5, 0.6) is 0 Å². The largest absolute Gasteiger partial charge is 0.439 e. The molecule has 1 heterocycles. The van der Waals surface area contributed by atoms with Crippen molar-refractivity contribution in [1.29, 1.82) is 0 Å². The highest BCUT2D eigenvalue weighted by Crippen LogP contribution is 2.27. The summed E-state index contributed by atoms with van der Waals surface area (Å²) >= 11 is 1.70. The number of thioether (sulfide) groups is 1. The first-order chi connectivity index (χ1) is 7.20. The Morgan fingerprint density at radius 3 is 2.47 bits per heavy atom. The van der Waals surface area contributed by atoms with Crippen molar-refractivity contribution in [1.82, 2.24) is 5.32 Å². The lowest BCUT2D eigenvalue weighted by Crippen LogP contribution is -2.23. The SMILES string of the molecule is CSc1ccc(C2OC(=O)NC2C)cc1. The molecule has 1 saturated heterocycles. The van der Waals surface area contributed by atoms with Gasteiger partial charge < -0.3 is 10.1 Å². The molecule has 15 heavy (non-hydrogen) atoms. The second-order valence-corrected chi connectivity index (χ2v) is 4.41. The van der Waals surface area contributed by atoms with Gasteiger partial charge in [0.2, 0.25) is 0 Å². The van der Waals surface area contributed by atoms with Gasteiger partial charge in [0, 0.05) is 4.90 Å². The molecule has 2 atom stereocenters. The Morgan fingerprint density at radius 2 is 2.00 bits per heavy atom. The molecule has 4 heteroatoms. The van der Waals surface area contributed by atoms with Crippen LogP contribution in [-0.2, 0) is 4.74 Å². The molecule has 0 bridgehead atoms. The Hall–Kier alpha value is -1.16. The number of carbonyl (C=O) groups excluding carboxylic acids is 1. The zero-order chi connectivity index (χ0) is 10.8. The summed E-state index contributed by atoms with van der Waals surface area (Å²) in [7, 11) is 0. The molecule has 80 valence electrons. The van der Waals surface area contributed by atoms with Crippen LogP contribution in [0.25, 0.3) is 0 Å². The molecule has 3 nitrogen and oxygen atoms in total. The Kier molecular flexibility index (Phi) is 2.86. The third-order valence-electron chi connectivity index (χ3n) is 2.48. The van der Waals surface area contributed by atoms with Crippen molar-refractivity contribution in [2.75, 3.05) is 6.26 Å². The predicted octanol–water partition coefficient (Wildman–Crippen LogP) is 2.58. The number of amides is 1. The number of cyclic esters (lactones) is 1. The summed E-state index contributed by atoms with van der Waals surface area (Å²) in [4.78, 5) is 12.2. The summed E-state index contributed by atoms with van der Waals surface area (Å²) in [5.74, 6) is 0. The van der Waals surface area contributed by atoms with Gasteiger partial charge in [0.05, 0.1) is 6.04 Å². The van der Waals surface area contributed by atoms with Crippen LogP contribution in [0.2, 0.25) is 0 Å². The Morgan fingerprint density at radius 1 is 1.33 bits per heavy atom. The van der Waals surface area contributed by atoms with Crippen LogP contribution in [0.15, 0.2) is 29.2 Å². The van der Waals surface area contributed by atoms with E-state index in [1.54, 1.807) is 11.8 Å². The van der Waals surface area contributed by atoms with Crippen LogP contribution >= 0.6 is 11.8 Å². The zero-order valence-electron chi connectivity index (χ0n) is 8.69. The van der Waals surface area contributed by atoms with E-state index in [1.165, 1.54) is 4.90 Å². The second kappa shape index (κ2) is 4.14. The molecule has 1 fully saturated rings. The highest BCUT2D eigenvalue weighted by Gasteiger charge is 2.31. The number of benzene rings is 1. The van der Waals surface area contributed by atoms with Crippen molar-refractivity contribution in [2.45, 2.75) is 24.0 Å². The number of hydrogen-bond acceptors (Lipinski definition) is 3. The maximum absolute atomic E-state index is 11.0. The van der Waals surface area contributed by atoms with Crippen molar-refractivity contribution < 1.29 is 9.53 Å². The predicted molar refractivity (Wildman–Crippen MR) is 60.0 cm³/mol. The first kappa shape index (κ1) is 10.4. The Labute approximate surface area is 93.2 Å². The van der Waals surface area contributed by atoms with Gasteiger partial charge in [-0.3, -0.25) is 0 Å². The normalized spacial score (nSPS) is 24.8. The van der Waals surface area contributed by atoms with Crippen molar-refractivity contribution in [2.24, 2.45) is 0 Å². The minimum absolute atomic E-state index is 0.0395. The van der Waals surface area contributed by atoms with Gasteiger partial charge in [-0.05, 0) is 30.9 Å². The second-order valence-electron chi connectivity index (χ2n) is 3.53. The molecule has 0 saturated carbocycles. The van der Waals surface area contributed by atoms with Gasteiger partial charge in [-0.2, -0.15) is 0 Å². The average Bonchev–Trinajstić information content (AvgIpc) is 2.58. The van der Waals surface area contributed by atoms with E-state index in [0.29, 0.717) is 0 Å². The molecule has 0 aliphatic carbocycles. The van der Waals surface area contributed by atoms with E-state index in [4.69, 9.17) is 4.74 Å². The number of alkyl carbamates (subject to hydrolysis) is 1. The minimum Gasteiger partial charge on any atom is -0.439 e. The number of rotatable bonds is 2. The van der Waals surface area contributed by atoms with E-state index >= 15 is 0 Å². The van der Waals surface area contributed by atoms with Gasteiger partial charge in [-0.15, -0.1) is 11.8 Å². The Balaban J connectivity index is 2.19. The first-order valence-corrected chi connectivity index (χ1v) is 6.04. The first-order valence-electron chi connectivity index (χ1n) is 4.82. The van der Waals surface area contributed by atoms with Crippen LogP contribution in [0.4, 0.5) is 4.79 Å². The smallest absolute Gasteiger partial charge is 0.408 e. The zero-order valence-corrected chi connectivity index (χ0v) is 9.51. The summed E-state index contributed by atoms with van der Waals surface area (Å²) in [6.07, 6.45) is 1.55. The molecule has 2 rings (SSSR count). The number of nitrogens with one attached hydrogen (secondary N) is 1. The van der Waals surface area contributed by atoms with Crippen molar-refractivity contribution in [3.8, 4) is 0 Å². The van der Waals surface area contributed by atoms with Crippen molar-refractivity contribution in [3.63, 3.8) is 0 Å². The monoisotopic (exact) mass is 223 g/mol. The summed E-state index contributed by atoms with van der Waals surface area (Å²) < 4.78 is 5.18. The van der Waals surface area contributed by atoms with Gasteiger partial charge in [0.25, 0.3) is 0 Å². The third kappa shape index (κ3) is 2.09. The molecule has 0 spiro atoms. The highest BCUT2D eigenvalue weighted by molar-refractivity contribution is 7.98. The molecule has 1 aromatic rings. The lowest BCUT2D eigenvalue weighted by molar-refractivity contribution is 0.134. The van der Waals surface area contributed by atoms with Crippen LogP contribution in [0, 0.1) is 0 Å². The van der Waals surface area contributed by atoms with Gasteiger partial charge >= 0.3 is 6.09 Å². The maximum atomic E-state index is 11.0. The van der Waals surface area contributed by atoms with Crippen molar-refractivity contribution in [3.05, 3.63) is 29.8 Å². The molecule has 0 aromatic heterocycles. The van der Waals surface area contributed by atoms with E-state index in [-0.39, 0.29) is 18.2 Å². The molecule has 1 aliphatic rings. The van der Waals surface area contributed by atoms with Gasteiger partial charge in [-0.1, -0.05) is 12.1 Å². The van der Waals surface area contributed by atoms with Crippen LogP contribution < -0.4 is 5.32 Å². The fourth-order valence-electron chi connectivity index (χ4n) is 1.66. The molecule has 0 radical (unpaired) electrons. The van der Waals surface area contributed by atoms with Gasteiger partial charge in [0.1, 0.15) is 6.10 Å². The third-order valence-corrected chi connectivity index (χ3v) is 3.22. The topological polar surface area (TPSA) is 38.3 Å². The molecular formula is C11H13NO2S. The summed E-state index contributed by atoms with van der Waals surface area (Å²) in [6.45, 7) is 1.94. The van der Waals surface area contributed by atoms with Gasteiger partial charge in [-0.25, -0.2) is 4.79 Å². The maximum Gasteiger partial charge on any atom is 0.408 e. The fourth-order valence-corrected chi connectivity index (χ4v) is 2.07. The van der Waals surface area contributed by atoms with Crippen LogP contribution in [0.3, 0.4) is 0 Å². The molecule has 2 unspecified atom stereocenters. The number of ether oxygens (including phenoxy) is 1.